The van der Waals surface area contributed by atoms with Crippen LogP contribution in [0.25, 0.3) is 0 Å². The van der Waals surface area contributed by atoms with Gasteiger partial charge in [-0.15, -0.1) is 0 Å². The number of amides is 2. The van der Waals surface area contributed by atoms with Gasteiger partial charge in [0, 0.05) is 19.5 Å². The zero-order valence-corrected chi connectivity index (χ0v) is 12.2. The molecule has 0 aliphatic rings. The van der Waals surface area contributed by atoms with E-state index in [4.69, 9.17) is 9.52 Å². The fourth-order valence-electron chi connectivity index (χ4n) is 1.83. The average molecular weight is 296 g/mol. The number of carboxylic acids is 1. The molecule has 0 radical (unpaired) electrons. The van der Waals surface area contributed by atoms with Crippen LogP contribution in [0.15, 0.2) is 22.8 Å². The van der Waals surface area contributed by atoms with E-state index >= 15 is 0 Å². The second kappa shape index (κ2) is 8.08. The summed E-state index contributed by atoms with van der Waals surface area (Å²) in [6.45, 7) is 1.72. The fraction of sp³-hybridized carbons (Fsp3) is 0.500. The van der Waals surface area contributed by atoms with Crippen molar-refractivity contribution < 1.29 is 23.9 Å². The van der Waals surface area contributed by atoms with Crippen molar-refractivity contribution in [2.75, 3.05) is 13.6 Å². The Morgan fingerprint density at radius 3 is 2.71 bits per heavy atom. The molecule has 116 valence electrons. The molecule has 2 amide bonds. The topological polar surface area (TPSA) is 99.9 Å². The first-order chi connectivity index (χ1) is 9.90. The molecule has 0 aliphatic carbocycles. The van der Waals surface area contributed by atoms with E-state index in [0.29, 0.717) is 12.8 Å². The summed E-state index contributed by atoms with van der Waals surface area (Å²) in [5, 5.41) is 11.3. The molecule has 0 aromatic carbocycles. The molecule has 1 aromatic heterocycles. The predicted octanol–water partition coefficient (Wildman–Crippen LogP) is 1.11. The molecule has 0 fully saturated rings. The van der Waals surface area contributed by atoms with Crippen LogP contribution >= 0.6 is 0 Å². The lowest BCUT2D eigenvalue weighted by Crippen LogP contribution is -2.41. The Morgan fingerprint density at radius 2 is 2.14 bits per heavy atom. The molecule has 1 unspecified atom stereocenters. The number of nitrogens with one attached hydrogen (secondary N) is 1. The van der Waals surface area contributed by atoms with Crippen LogP contribution < -0.4 is 5.32 Å². The molecule has 0 bridgehead atoms. The first-order valence-electron chi connectivity index (χ1n) is 6.70. The van der Waals surface area contributed by atoms with E-state index < -0.39 is 5.97 Å². The van der Waals surface area contributed by atoms with Crippen LogP contribution in [-0.4, -0.2) is 47.4 Å². The maximum Gasteiger partial charge on any atom is 0.303 e. The minimum atomic E-state index is -0.850. The highest BCUT2D eigenvalue weighted by Crippen LogP contribution is 2.04. The Morgan fingerprint density at radius 1 is 1.43 bits per heavy atom. The first-order valence-corrected chi connectivity index (χ1v) is 6.70. The number of carboxylic acid groups (broad SMARTS) is 1. The molecule has 0 spiro atoms. The summed E-state index contributed by atoms with van der Waals surface area (Å²) in [6.07, 6.45) is 2.55. The molecule has 0 saturated carbocycles. The molecule has 0 aliphatic heterocycles. The van der Waals surface area contributed by atoms with Crippen molar-refractivity contribution in [2.45, 2.75) is 32.2 Å². The van der Waals surface area contributed by atoms with Gasteiger partial charge in [0.25, 0.3) is 5.91 Å². The highest BCUT2D eigenvalue weighted by molar-refractivity contribution is 5.94. The van der Waals surface area contributed by atoms with Gasteiger partial charge in [-0.2, -0.15) is 0 Å². The number of likely N-dealkylation sites (N-methyl/N-ethyl adjacent to an activating group) is 1. The van der Waals surface area contributed by atoms with E-state index in [1.165, 1.54) is 24.3 Å². The number of aliphatic carboxylic acids is 1. The fourth-order valence-corrected chi connectivity index (χ4v) is 1.83. The molecule has 7 nitrogen and oxygen atoms in total. The van der Waals surface area contributed by atoms with Gasteiger partial charge >= 0.3 is 5.97 Å². The number of hydrogen-bond acceptors (Lipinski definition) is 4. The van der Waals surface area contributed by atoms with Gasteiger partial charge in [-0.25, -0.2) is 0 Å². The molecule has 0 saturated heterocycles. The SMILES string of the molecule is CC(CCCC(=O)O)NC(=O)CN(C)C(=O)c1ccco1. The summed E-state index contributed by atoms with van der Waals surface area (Å²) in [6, 6.07) is 3.00. The van der Waals surface area contributed by atoms with E-state index in [0.717, 1.165) is 0 Å². The van der Waals surface area contributed by atoms with Crippen LogP contribution in [0.5, 0.6) is 0 Å². The Kier molecular flexibility index (Phi) is 6.45. The molecule has 7 heteroatoms. The third kappa shape index (κ3) is 6.11. The number of carbonyl (C=O) groups excluding carboxylic acids is 2. The van der Waals surface area contributed by atoms with Gasteiger partial charge < -0.3 is 19.7 Å². The van der Waals surface area contributed by atoms with Crippen LogP contribution in [-0.2, 0) is 9.59 Å². The molecule has 1 rings (SSSR count). The quantitative estimate of drug-likeness (QED) is 0.748. The van der Waals surface area contributed by atoms with Gasteiger partial charge in [0.15, 0.2) is 5.76 Å². The predicted molar refractivity (Wildman–Crippen MR) is 74.8 cm³/mol. The lowest BCUT2D eigenvalue weighted by Gasteiger charge is -2.18. The van der Waals surface area contributed by atoms with Crippen LogP contribution in [0.3, 0.4) is 0 Å². The highest BCUT2D eigenvalue weighted by Gasteiger charge is 2.17. The Bertz CT molecular complexity index is 484. The lowest BCUT2D eigenvalue weighted by molar-refractivity contribution is -0.137. The molecule has 1 heterocycles. The van der Waals surface area contributed by atoms with Crippen molar-refractivity contribution in [1.29, 1.82) is 0 Å². The van der Waals surface area contributed by atoms with E-state index in [1.807, 2.05) is 0 Å². The van der Waals surface area contributed by atoms with Gasteiger partial charge in [0.1, 0.15) is 0 Å². The van der Waals surface area contributed by atoms with Crippen molar-refractivity contribution in [3.05, 3.63) is 24.2 Å². The summed E-state index contributed by atoms with van der Waals surface area (Å²) >= 11 is 0. The van der Waals surface area contributed by atoms with Gasteiger partial charge in [-0.05, 0) is 31.9 Å². The van der Waals surface area contributed by atoms with Gasteiger partial charge in [0.05, 0.1) is 12.8 Å². The Hall–Kier alpha value is -2.31. The maximum atomic E-state index is 11.9. The molecular weight excluding hydrogens is 276 g/mol. The largest absolute Gasteiger partial charge is 0.481 e. The number of carbonyl (C=O) groups is 3. The monoisotopic (exact) mass is 296 g/mol. The normalized spacial score (nSPS) is 11.7. The second-order valence-electron chi connectivity index (χ2n) is 4.89. The van der Waals surface area contributed by atoms with Gasteiger partial charge in [-0.3, -0.25) is 14.4 Å². The number of nitrogens with zero attached hydrogens (tertiary/aromatic N) is 1. The van der Waals surface area contributed by atoms with Crippen molar-refractivity contribution in [3.8, 4) is 0 Å². The van der Waals surface area contributed by atoms with Gasteiger partial charge in [0.2, 0.25) is 5.91 Å². The third-order valence-corrected chi connectivity index (χ3v) is 2.89. The summed E-state index contributed by atoms with van der Waals surface area (Å²) in [5.41, 5.74) is 0. The molecule has 21 heavy (non-hydrogen) atoms. The summed E-state index contributed by atoms with van der Waals surface area (Å²) < 4.78 is 4.98. The second-order valence-corrected chi connectivity index (χ2v) is 4.89. The average Bonchev–Trinajstić information content (AvgIpc) is 2.90. The molecule has 1 atom stereocenters. The van der Waals surface area contributed by atoms with E-state index in [-0.39, 0.29) is 36.6 Å². The van der Waals surface area contributed by atoms with E-state index in [1.54, 1.807) is 13.0 Å². The lowest BCUT2D eigenvalue weighted by atomic mass is 10.1. The van der Waals surface area contributed by atoms with E-state index in [2.05, 4.69) is 5.32 Å². The highest BCUT2D eigenvalue weighted by atomic mass is 16.4. The molecule has 1 aromatic rings. The standard InChI is InChI=1S/C14H20N2O5/c1-10(5-3-7-13(18)19)15-12(17)9-16(2)14(20)11-6-4-8-21-11/h4,6,8,10H,3,5,7,9H2,1-2H3,(H,15,17)(H,18,19). The number of furan rings is 1. The van der Waals surface area contributed by atoms with Crippen molar-refractivity contribution in [2.24, 2.45) is 0 Å². The van der Waals surface area contributed by atoms with Crippen LogP contribution in [0.4, 0.5) is 0 Å². The maximum absolute atomic E-state index is 11.9. The smallest absolute Gasteiger partial charge is 0.303 e. The van der Waals surface area contributed by atoms with E-state index in [9.17, 15) is 14.4 Å². The van der Waals surface area contributed by atoms with Crippen molar-refractivity contribution in [3.63, 3.8) is 0 Å². The Labute approximate surface area is 122 Å². The molecule has 2 N–H and O–H groups in total. The van der Waals surface area contributed by atoms with Crippen LogP contribution in [0.1, 0.15) is 36.7 Å². The first kappa shape index (κ1) is 16.7. The zero-order valence-electron chi connectivity index (χ0n) is 12.2. The minimum Gasteiger partial charge on any atom is -0.481 e. The zero-order chi connectivity index (χ0) is 15.8. The van der Waals surface area contributed by atoms with Crippen molar-refractivity contribution in [1.82, 2.24) is 10.2 Å². The summed E-state index contributed by atoms with van der Waals surface area (Å²) in [7, 11) is 1.51. The van der Waals surface area contributed by atoms with Crippen LogP contribution in [0.2, 0.25) is 0 Å². The number of hydrogen-bond donors (Lipinski definition) is 2. The summed E-state index contributed by atoms with van der Waals surface area (Å²) in [4.78, 5) is 35.3. The van der Waals surface area contributed by atoms with Crippen LogP contribution in [0, 0.1) is 0 Å². The molecular formula is C14H20N2O5. The summed E-state index contributed by atoms with van der Waals surface area (Å²) in [5.74, 6) is -1.33. The van der Waals surface area contributed by atoms with Crippen molar-refractivity contribution >= 4 is 17.8 Å². The minimum absolute atomic E-state index is 0.0804. The third-order valence-electron chi connectivity index (χ3n) is 2.89. The van der Waals surface area contributed by atoms with Gasteiger partial charge in [-0.1, -0.05) is 0 Å². The Balaban J connectivity index is 2.32. The number of rotatable bonds is 8.